The Morgan fingerprint density at radius 2 is 1.73 bits per heavy atom. The molecule has 0 radical (unpaired) electrons. The molecule has 0 bridgehead atoms. The number of carbonyl (C=O) groups is 1. The SMILES string of the molecule is O=C1/C(=C/c2ccccc2)N=C(N2CCCCC2)N1c1cccc(Cl)c1. The number of likely N-dealkylation sites (tertiary alicyclic amines) is 1. The summed E-state index contributed by atoms with van der Waals surface area (Å²) in [4.78, 5) is 21.7. The molecular formula is C21H20ClN3O. The molecule has 2 aromatic carbocycles. The van der Waals surface area contributed by atoms with Crippen molar-refractivity contribution in [1.29, 1.82) is 0 Å². The summed E-state index contributed by atoms with van der Waals surface area (Å²) in [7, 11) is 0. The van der Waals surface area contributed by atoms with E-state index in [0.717, 1.165) is 37.2 Å². The summed E-state index contributed by atoms with van der Waals surface area (Å²) in [6.07, 6.45) is 5.31. The summed E-state index contributed by atoms with van der Waals surface area (Å²) in [5, 5.41) is 0.605. The second-order valence-electron chi connectivity index (χ2n) is 6.52. The maximum absolute atomic E-state index is 13.1. The van der Waals surface area contributed by atoms with Crippen LogP contribution in [-0.4, -0.2) is 29.9 Å². The molecule has 2 aliphatic heterocycles. The largest absolute Gasteiger partial charge is 0.342 e. The van der Waals surface area contributed by atoms with Crippen LogP contribution in [0.25, 0.3) is 6.08 Å². The summed E-state index contributed by atoms with van der Waals surface area (Å²) >= 11 is 6.16. The summed E-state index contributed by atoms with van der Waals surface area (Å²) in [6.45, 7) is 1.84. The summed E-state index contributed by atoms with van der Waals surface area (Å²) in [6, 6.07) is 17.2. The third-order valence-electron chi connectivity index (χ3n) is 4.65. The van der Waals surface area contributed by atoms with Crippen molar-refractivity contribution in [2.45, 2.75) is 19.3 Å². The Balaban J connectivity index is 1.75. The van der Waals surface area contributed by atoms with Crippen LogP contribution in [0.5, 0.6) is 0 Å². The number of benzene rings is 2. The van der Waals surface area contributed by atoms with E-state index in [1.165, 1.54) is 6.42 Å². The molecule has 0 atom stereocenters. The molecule has 26 heavy (non-hydrogen) atoms. The van der Waals surface area contributed by atoms with E-state index in [2.05, 4.69) is 4.90 Å². The first-order valence-corrected chi connectivity index (χ1v) is 9.30. The number of piperidine rings is 1. The van der Waals surface area contributed by atoms with Crippen LogP contribution in [0.3, 0.4) is 0 Å². The number of nitrogens with zero attached hydrogens (tertiary/aromatic N) is 3. The van der Waals surface area contributed by atoms with Gasteiger partial charge in [0.1, 0.15) is 5.70 Å². The third kappa shape index (κ3) is 3.37. The lowest BCUT2D eigenvalue weighted by molar-refractivity contribution is -0.113. The Hall–Kier alpha value is -2.59. The van der Waals surface area contributed by atoms with Crippen molar-refractivity contribution >= 4 is 35.2 Å². The molecule has 1 amide bonds. The smallest absolute Gasteiger partial charge is 0.283 e. The summed E-state index contributed by atoms with van der Waals surface area (Å²) in [5.74, 6) is 0.593. The first-order chi connectivity index (χ1) is 12.7. The van der Waals surface area contributed by atoms with Gasteiger partial charge in [0.2, 0.25) is 5.96 Å². The predicted octanol–water partition coefficient (Wildman–Crippen LogP) is 4.57. The van der Waals surface area contributed by atoms with Crippen molar-refractivity contribution in [1.82, 2.24) is 4.90 Å². The number of carbonyl (C=O) groups excluding carboxylic acids is 1. The van der Waals surface area contributed by atoms with Crippen molar-refractivity contribution in [2.24, 2.45) is 4.99 Å². The van der Waals surface area contributed by atoms with Crippen LogP contribution in [-0.2, 0) is 4.79 Å². The molecule has 4 nitrogen and oxygen atoms in total. The van der Waals surface area contributed by atoms with Gasteiger partial charge in [-0.1, -0.05) is 48.0 Å². The van der Waals surface area contributed by atoms with E-state index >= 15 is 0 Å². The van der Waals surface area contributed by atoms with E-state index in [9.17, 15) is 4.79 Å². The molecule has 1 saturated heterocycles. The Morgan fingerprint density at radius 3 is 2.46 bits per heavy atom. The standard InChI is InChI=1S/C21H20ClN3O/c22-17-10-7-11-18(15-17)25-20(26)19(14-16-8-3-1-4-9-16)23-21(25)24-12-5-2-6-13-24/h1,3-4,7-11,14-15H,2,5-6,12-13H2/b19-14-. The fourth-order valence-corrected chi connectivity index (χ4v) is 3.55. The zero-order valence-corrected chi connectivity index (χ0v) is 15.2. The van der Waals surface area contributed by atoms with Crippen molar-refractivity contribution in [3.63, 3.8) is 0 Å². The van der Waals surface area contributed by atoms with Gasteiger partial charge in [-0.25, -0.2) is 9.89 Å². The average Bonchev–Trinajstić information content (AvgIpc) is 3.00. The van der Waals surface area contributed by atoms with Gasteiger partial charge in [-0.15, -0.1) is 0 Å². The number of guanidine groups is 1. The van der Waals surface area contributed by atoms with E-state index in [4.69, 9.17) is 16.6 Å². The predicted molar refractivity (Wildman–Crippen MR) is 106 cm³/mol. The number of anilines is 1. The Kier molecular flexibility index (Phi) is 4.76. The molecule has 0 saturated carbocycles. The van der Waals surface area contributed by atoms with E-state index in [1.807, 2.05) is 60.7 Å². The molecule has 5 heteroatoms. The molecule has 0 N–H and O–H groups in total. The van der Waals surface area contributed by atoms with Gasteiger partial charge in [-0.3, -0.25) is 4.79 Å². The minimum atomic E-state index is -0.114. The van der Waals surface area contributed by atoms with Crippen molar-refractivity contribution < 1.29 is 4.79 Å². The maximum Gasteiger partial charge on any atom is 0.283 e. The molecule has 4 rings (SSSR count). The van der Waals surface area contributed by atoms with E-state index in [1.54, 1.807) is 4.90 Å². The van der Waals surface area contributed by atoms with Crippen molar-refractivity contribution in [2.75, 3.05) is 18.0 Å². The molecule has 0 aliphatic carbocycles. The molecule has 2 heterocycles. The molecule has 1 fully saturated rings. The number of halogens is 1. The molecule has 0 aromatic heterocycles. The molecule has 0 spiro atoms. The number of hydrogen-bond donors (Lipinski definition) is 0. The van der Waals surface area contributed by atoms with Crippen LogP contribution < -0.4 is 4.90 Å². The van der Waals surface area contributed by atoms with Crippen LogP contribution in [0, 0.1) is 0 Å². The maximum atomic E-state index is 13.1. The fourth-order valence-electron chi connectivity index (χ4n) is 3.37. The lowest BCUT2D eigenvalue weighted by Gasteiger charge is -2.32. The van der Waals surface area contributed by atoms with Gasteiger partial charge in [0.15, 0.2) is 0 Å². The first-order valence-electron chi connectivity index (χ1n) is 8.93. The lowest BCUT2D eigenvalue weighted by atomic mass is 10.1. The number of aliphatic imine (C=N–C) groups is 1. The Labute approximate surface area is 158 Å². The van der Waals surface area contributed by atoms with Gasteiger partial charge >= 0.3 is 0 Å². The van der Waals surface area contributed by atoms with Gasteiger partial charge < -0.3 is 4.90 Å². The van der Waals surface area contributed by atoms with Crippen molar-refractivity contribution in [3.05, 3.63) is 70.9 Å². The highest BCUT2D eigenvalue weighted by Gasteiger charge is 2.35. The van der Waals surface area contributed by atoms with Crippen LogP contribution in [0.1, 0.15) is 24.8 Å². The molecule has 2 aliphatic rings. The highest BCUT2D eigenvalue weighted by Crippen LogP contribution is 2.29. The minimum absolute atomic E-state index is 0.114. The van der Waals surface area contributed by atoms with Crippen LogP contribution in [0.4, 0.5) is 5.69 Å². The van der Waals surface area contributed by atoms with Gasteiger partial charge in [-0.05, 0) is 49.1 Å². The van der Waals surface area contributed by atoms with Gasteiger partial charge in [0.25, 0.3) is 5.91 Å². The fraction of sp³-hybridized carbons (Fsp3) is 0.238. The summed E-state index contributed by atoms with van der Waals surface area (Å²) < 4.78 is 0. The van der Waals surface area contributed by atoms with Crippen LogP contribution in [0.15, 0.2) is 65.3 Å². The monoisotopic (exact) mass is 365 g/mol. The van der Waals surface area contributed by atoms with E-state index < -0.39 is 0 Å². The van der Waals surface area contributed by atoms with Gasteiger partial charge in [0, 0.05) is 18.1 Å². The zero-order valence-electron chi connectivity index (χ0n) is 14.4. The number of amides is 1. The average molecular weight is 366 g/mol. The quantitative estimate of drug-likeness (QED) is 0.731. The zero-order chi connectivity index (χ0) is 17.9. The van der Waals surface area contributed by atoms with Gasteiger partial charge in [0.05, 0.1) is 5.69 Å². The Morgan fingerprint density at radius 1 is 0.962 bits per heavy atom. The topological polar surface area (TPSA) is 35.9 Å². The van der Waals surface area contributed by atoms with E-state index in [0.29, 0.717) is 16.7 Å². The second-order valence-corrected chi connectivity index (χ2v) is 6.96. The molecule has 0 unspecified atom stereocenters. The van der Waals surface area contributed by atoms with Crippen LogP contribution in [0.2, 0.25) is 5.02 Å². The van der Waals surface area contributed by atoms with Crippen molar-refractivity contribution in [3.8, 4) is 0 Å². The molecule has 2 aromatic rings. The molecule has 132 valence electrons. The summed E-state index contributed by atoms with van der Waals surface area (Å²) in [5.41, 5.74) is 2.17. The highest BCUT2D eigenvalue weighted by molar-refractivity contribution is 6.32. The number of rotatable bonds is 2. The normalized spacial score (nSPS) is 19.2. The number of hydrogen-bond acceptors (Lipinski definition) is 3. The Bertz CT molecular complexity index is 870. The third-order valence-corrected chi connectivity index (χ3v) is 4.89. The highest BCUT2D eigenvalue weighted by atomic mass is 35.5. The second kappa shape index (κ2) is 7.34. The van der Waals surface area contributed by atoms with Crippen LogP contribution >= 0.6 is 11.6 Å². The molecular weight excluding hydrogens is 346 g/mol. The van der Waals surface area contributed by atoms with E-state index in [-0.39, 0.29) is 5.91 Å². The van der Waals surface area contributed by atoms with Gasteiger partial charge in [-0.2, -0.15) is 0 Å². The minimum Gasteiger partial charge on any atom is -0.342 e. The lowest BCUT2D eigenvalue weighted by Crippen LogP contribution is -2.46. The first kappa shape index (κ1) is 16.9.